The number of halogens is 1. The zero-order chi connectivity index (χ0) is 17.6. The van der Waals surface area contributed by atoms with Crippen molar-refractivity contribution >= 4 is 21.8 Å². The highest BCUT2D eigenvalue weighted by molar-refractivity contribution is 9.10. The van der Waals surface area contributed by atoms with Crippen molar-refractivity contribution < 1.29 is 9.53 Å². The van der Waals surface area contributed by atoms with Gasteiger partial charge in [0.05, 0.1) is 6.61 Å². The Labute approximate surface area is 156 Å². The molecule has 2 aromatic carbocycles. The second-order valence-electron chi connectivity index (χ2n) is 5.94. The van der Waals surface area contributed by atoms with Crippen LogP contribution < -0.4 is 20.9 Å². The molecule has 0 aromatic heterocycles. The van der Waals surface area contributed by atoms with Crippen molar-refractivity contribution in [3.05, 3.63) is 64.1 Å². The van der Waals surface area contributed by atoms with Crippen molar-refractivity contribution in [2.45, 2.75) is 32.0 Å². The molecule has 3 N–H and O–H groups in total. The van der Waals surface area contributed by atoms with Crippen LogP contribution in [0.4, 0.5) is 0 Å². The third-order valence-corrected chi connectivity index (χ3v) is 4.75. The topological polar surface area (TPSA) is 62.4 Å². The van der Waals surface area contributed by atoms with E-state index in [2.05, 4.69) is 44.2 Å². The molecule has 1 heterocycles. The average Bonchev–Trinajstić information content (AvgIpc) is 3.12. The molecule has 0 bridgehead atoms. The molecule has 3 rings (SSSR count). The summed E-state index contributed by atoms with van der Waals surface area (Å²) in [6, 6.07) is 15.8. The summed E-state index contributed by atoms with van der Waals surface area (Å²) in [5.41, 5.74) is 8.43. The Hall–Kier alpha value is -1.89. The summed E-state index contributed by atoms with van der Waals surface area (Å²) in [6.45, 7) is 3.01. The number of hydrogen-bond donors (Lipinski definition) is 3. The molecular weight excluding hydrogens is 382 g/mol. The Kier molecular flexibility index (Phi) is 6.07. The highest BCUT2D eigenvalue weighted by atomic mass is 79.9. The molecule has 0 aliphatic carbocycles. The third-order valence-electron chi connectivity index (χ3n) is 4.22. The fraction of sp³-hybridized carbons (Fsp3) is 0.316. The minimum absolute atomic E-state index is 0.0154. The van der Waals surface area contributed by atoms with Gasteiger partial charge in [-0.05, 0) is 37.1 Å². The summed E-state index contributed by atoms with van der Waals surface area (Å²) in [5, 5.41) is 2.99. The lowest BCUT2D eigenvalue weighted by molar-refractivity contribution is -0.123. The monoisotopic (exact) mass is 403 g/mol. The maximum atomic E-state index is 12.5. The molecular formula is C19H22BrN3O2. The van der Waals surface area contributed by atoms with Crippen molar-refractivity contribution in [1.29, 1.82) is 0 Å². The van der Waals surface area contributed by atoms with Crippen LogP contribution in [0.2, 0.25) is 0 Å². The molecule has 2 atom stereocenters. The largest absolute Gasteiger partial charge is 0.494 e. The smallest absolute Gasteiger partial charge is 0.238 e. The van der Waals surface area contributed by atoms with Crippen LogP contribution in [-0.2, 0) is 11.3 Å². The van der Waals surface area contributed by atoms with Gasteiger partial charge in [0.1, 0.15) is 11.8 Å². The van der Waals surface area contributed by atoms with Crippen LogP contribution in [0.5, 0.6) is 5.75 Å². The minimum Gasteiger partial charge on any atom is -0.494 e. The van der Waals surface area contributed by atoms with E-state index >= 15 is 0 Å². The van der Waals surface area contributed by atoms with Crippen LogP contribution in [0.15, 0.2) is 53.0 Å². The molecule has 25 heavy (non-hydrogen) atoms. The number of para-hydroxylation sites is 1. The molecule has 5 nitrogen and oxygen atoms in total. The number of ether oxygens (including phenoxy) is 1. The van der Waals surface area contributed by atoms with Gasteiger partial charge in [0.2, 0.25) is 5.91 Å². The lowest BCUT2D eigenvalue weighted by Crippen LogP contribution is -2.42. The van der Waals surface area contributed by atoms with Crippen LogP contribution in [0.1, 0.15) is 30.5 Å². The van der Waals surface area contributed by atoms with E-state index < -0.39 is 0 Å². The summed E-state index contributed by atoms with van der Waals surface area (Å²) in [5.74, 6) is 0.800. The second kappa shape index (κ2) is 8.47. The Morgan fingerprint density at radius 2 is 1.96 bits per heavy atom. The highest BCUT2D eigenvalue weighted by Gasteiger charge is 2.29. The van der Waals surface area contributed by atoms with E-state index in [0.29, 0.717) is 19.6 Å². The molecule has 132 valence electrons. The van der Waals surface area contributed by atoms with Gasteiger partial charge < -0.3 is 10.1 Å². The van der Waals surface area contributed by atoms with Crippen molar-refractivity contribution in [1.82, 2.24) is 16.2 Å². The molecule has 1 fully saturated rings. The normalized spacial score (nSPS) is 19.6. The fourth-order valence-electron chi connectivity index (χ4n) is 2.89. The SMILES string of the molecule is CCOc1ccccc1CNC(=O)C1CC(c2ccc(Br)cc2)NN1. The molecule has 1 amide bonds. The van der Waals surface area contributed by atoms with Crippen molar-refractivity contribution in [2.75, 3.05) is 6.61 Å². The van der Waals surface area contributed by atoms with Gasteiger partial charge in [-0.25, -0.2) is 10.9 Å². The molecule has 1 aliphatic heterocycles. The standard InChI is InChI=1S/C19H22BrN3O2/c1-2-25-18-6-4-3-5-14(18)12-21-19(24)17-11-16(22-23-17)13-7-9-15(20)10-8-13/h3-10,16-17,22-23H,2,11-12H2,1H3,(H,21,24). The van der Waals surface area contributed by atoms with Gasteiger partial charge in [0.25, 0.3) is 0 Å². The van der Waals surface area contributed by atoms with Gasteiger partial charge in [-0.15, -0.1) is 0 Å². The highest BCUT2D eigenvalue weighted by Crippen LogP contribution is 2.24. The number of hydrazine groups is 1. The Morgan fingerprint density at radius 1 is 1.20 bits per heavy atom. The summed E-state index contributed by atoms with van der Waals surface area (Å²) >= 11 is 3.44. The van der Waals surface area contributed by atoms with Gasteiger partial charge in [-0.1, -0.05) is 46.3 Å². The van der Waals surface area contributed by atoms with Crippen LogP contribution in [-0.4, -0.2) is 18.6 Å². The van der Waals surface area contributed by atoms with E-state index in [0.717, 1.165) is 21.3 Å². The van der Waals surface area contributed by atoms with E-state index in [9.17, 15) is 4.79 Å². The summed E-state index contributed by atoms with van der Waals surface area (Å²) in [6.07, 6.45) is 0.709. The Bertz CT molecular complexity index is 721. The van der Waals surface area contributed by atoms with E-state index in [1.165, 1.54) is 0 Å². The minimum atomic E-state index is -0.257. The zero-order valence-corrected chi connectivity index (χ0v) is 15.7. The van der Waals surface area contributed by atoms with Crippen molar-refractivity contribution in [3.63, 3.8) is 0 Å². The second-order valence-corrected chi connectivity index (χ2v) is 6.86. The van der Waals surface area contributed by atoms with E-state index in [4.69, 9.17) is 4.74 Å². The van der Waals surface area contributed by atoms with E-state index in [1.54, 1.807) is 0 Å². The summed E-state index contributed by atoms with van der Waals surface area (Å²) in [7, 11) is 0. The number of carbonyl (C=O) groups excluding carboxylic acids is 1. The van der Waals surface area contributed by atoms with Gasteiger partial charge >= 0.3 is 0 Å². The molecule has 2 unspecified atom stereocenters. The van der Waals surface area contributed by atoms with Crippen LogP contribution in [0.25, 0.3) is 0 Å². The molecule has 0 saturated carbocycles. The molecule has 2 aromatic rings. The first-order chi connectivity index (χ1) is 12.2. The molecule has 6 heteroatoms. The first kappa shape index (κ1) is 17.9. The van der Waals surface area contributed by atoms with E-state index in [-0.39, 0.29) is 18.0 Å². The van der Waals surface area contributed by atoms with Crippen molar-refractivity contribution in [2.24, 2.45) is 0 Å². The van der Waals surface area contributed by atoms with Gasteiger partial charge in [-0.3, -0.25) is 4.79 Å². The zero-order valence-electron chi connectivity index (χ0n) is 14.1. The van der Waals surface area contributed by atoms with Crippen LogP contribution in [0, 0.1) is 0 Å². The summed E-state index contributed by atoms with van der Waals surface area (Å²) in [4.78, 5) is 12.5. The van der Waals surface area contributed by atoms with Crippen LogP contribution in [0.3, 0.4) is 0 Å². The summed E-state index contributed by atoms with van der Waals surface area (Å²) < 4.78 is 6.64. The lowest BCUT2D eigenvalue weighted by atomic mass is 10.0. The number of benzene rings is 2. The predicted molar refractivity (Wildman–Crippen MR) is 101 cm³/mol. The van der Waals surface area contributed by atoms with Crippen molar-refractivity contribution in [3.8, 4) is 5.75 Å². The first-order valence-corrected chi connectivity index (χ1v) is 9.21. The maximum absolute atomic E-state index is 12.5. The van der Waals surface area contributed by atoms with Crippen LogP contribution >= 0.6 is 15.9 Å². The predicted octanol–water partition coefficient (Wildman–Crippen LogP) is 3.07. The maximum Gasteiger partial charge on any atom is 0.238 e. The van der Waals surface area contributed by atoms with Gasteiger partial charge in [0, 0.05) is 22.6 Å². The van der Waals surface area contributed by atoms with Gasteiger partial charge in [0.15, 0.2) is 0 Å². The third kappa shape index (κ3) is 4.60. The number of hydrogen-bond acceptors (Lipinski definition) is 4. The molecule has 0 radical (unpaired) electrons. The molecule has 1 aliphatic rings. The lowest BCUT2D eigenvalue weighted by Gasteiger charge is -2.13. The quantitative estimate of drug-likeness (QED) is 0.693. The van der Waals surface area contributed by atoms with Gasteiger partial charge in [-0.2, -0.15) is 0 Å². The first-order valence-electron chi connectivity index (χ1n) is 8.42. The number of amides is 1. The fourth-order valence-corrected chi connectivity index (χ4v) is 3.16. The Morgan fingerprint density at radius 3 is 2.72 bits per heavy atom. The number of carbonyl (C=O) groups is 1. The average molecular weight is 404 g/mol. The molecule has 0 spiro atoms. The number of rotatable bonds is 6. The Balaban J connectivity index is 1.55. The number of nitrogens with one attached hydrogen (secondary N) is 3. The molecule has 1 saturated heterocycles. The van der Waals surface area contributed by atoms with E-state index in [1.807, 2.05) is 43.3 Å².